The van der Waals surface area contributed by atoms with Gasteiger partial charge < -0.3 is 10.4 Å². The van der Waals surface area contributed by atoms with Crippen molar-refractivity contribution in [2.75, 3.05) is 26.2 Å². The largest absolute Gasteiger partial charge is 0.412 e. The van der Waals surface area contributed by atoms with Gasteiger partial charge in [-0.05, 0) is 60.3 Å². The molecule has 3 aromatic rings. The quantitative estimate of drug-likeness (QED) is 0.460. The molecule has 1 fully saturated rings. The third-order valence-electron chi connectivity index (χ3n) is 7.09. The second-order valence-corrected chi connectivity index (χ2v) is 9.98. The van der Waals surface area contributed by atoms with E-state index in [0.717, 1.165) is 30.8 Å². The molecule has 0 bridgehead atoms. The Balaban J connectivity index is 0.00000171. The second-order valence-electron chi connectivity index (χ2n) is 9.17. The smallest absolute Gasteiger partial charge is 0.163 e. The van der Waals surface area contributed by atoms with Gasteiger partial charge in [0.05, 0.1) is 10.0 Å². The molecule has 0 radical (unpaired) electrons. The standard InChI is InChI=1S/C28H28Cl2N2O.ClH.H2O/c29-25-13-12-20(16-26(25)30)17-27(33)28(19-32-14-6-7-15-32)24-11-5-4-10-22(24)23(18-31-28)21-8-2-1-3-9-21;;/h1-5,8-13,16,23,31H,6-7,14-15,17-19H2;1H;1H2. The average Bonchev–Trinajstić information content (AvgIpc) is 3.35. The van der Waals surface area contributed by atoms with Crippen LogP contribution >= 0.6 is 35.6 Å². The molecule has 0 amide bonds. The molecule has 0 spiro atoms. The van der Waals surface area contributed by atoms with Crippen molar-refractivity contribution in [2.24, 2.45) is 0 Å². The van der Waals surface area contributed by atoms with Crippen molar-refractivity contribution in [3.05, 3.63) is 105 Å². The summed E-state index contributed by atoms with van der Waals surface area (Å²) in [6.45, 7) is 3.48. The number of ketones is 1. The molecule has 2 aliphatic heterocycles. The minimum Gasteiger partial charge on any atom is -0.412 e. The van der Waals surface area contributed by atoms with Crippen LogP contribution in [0.5, 0.6) is 0 Å². The summed E-state index contributed by atoms with van der Waals surface area (Å²) in [6, 6.07) is 24.5. The lowest BCUT2D eigenvalue weighted by Gasteiger charge is -2.44. The van der Waals surface area contributed by atoms with Crippen LogP contribution in [0.15, 0.2) is 72.8 Å². The summed E-state index contributed by atoms with van der Waals surface area (Å²) in [4.78, 5) is 16.5. The van der Waals surface area contributed by atoms with Crippen LogP contribution in [0, 0.1) is 0 Å². The zero-order valence-electron chi connectivity index (χ0n) is 19.5. The summed E-state index contributed by atoms with van der Waals surface area (Å²) in [6.07, 6.45) is 2.68. The summed E-state index contributed by atoms with van der Waals surface area (Å²) in [5.74, 6) is 0.388. The fourth-order valence-corrected chi connectivity index (χ4v) is 5.71. The lowest BCUT2D eigenvalue weighted by atomic mass is 9.72. The Bertz CT molecular complexity index is 1150. The molecule has 35 heavy (non-hydrogen) atoms. The minimum absolute atomic E-state index is 0. The molecule has 3 N–H and O–H groups in total. The summed E-state index contributed by atoms with van der Waals surface area (Å²) in [5, 5.41) is 4.75. The van der Waals surface area contributed by atoms with Gasteiger partial charge in [-0.3, -0.25) is 10.1 Å². The highest BCUT2D eigenvalue weighted by Gasteiger charge is 2.46. The van der Waals surface area contributed by atoms with Gasteiger partial charge in [0.15, 0.2) is 5.78 Å². The lowest BCUT2D eigenvalue weighted by molar-refractivity contribution is -0.126. The van der Waals surface area contributed by atoms with E-state index in [4.69, 9.17) is 23.2 Å². The van der Waals surface area contributed by atoms with Crippen molar-refractivity contribution in [3.63, 3.8) is 0 Å². The number of nitrogens with zero attached hydrogens (tertiary/aromatic N) is 1. The van der Waals surface area contributed by atoms with Gasteiger partial charge in [0.1, 0.15) is 5.54 Å². The fourth-order valence-electron chi connectivity index (χ4n) is 5.39. The van der Waals surface area contributed by atoms with Crippen LogP contribution in [0.2, 0.25) is 10.0 Å². The van der Waals surface area contributed by atoms with Crippen LogP contribution in [-0.4, -0.2) is 42.3 Å². The van der Waals surface area contributed by atoms with Gasteiger partial charge in [-0.2, -0.15) is 0 Å². The van der Waals surface area contributed by atoms with E-state index in [1.807, 2.05) is 18.2 Å². The third-order valence-corrected chi connectivity index (χ3v) is 7.83. The summed E-state index contributed by atoms with van der Waals surface area (Å²) in [5.41, 5.74) is 3.74. The Morgan fingerprint density at radius 1 is 0.943 bits per heavy atom. The number of carbonyl (C=O) groups excluding carboxylic acids is 1. The van der Waals surface area contributed by atoms with Crippen LogP contribution in [0.1, 0.15) is 41.0 Å². The van der Waals surface area contributed by atoms with Crippen molar-refractivity contribution in [1.82, 2.24) is 10.2 Å². The number of Topliss-reactive ketones (excluding diaryl/α,β-unsaturated/α-hetero) is 1. The summed E-state index contributed by atoms with van der Waals surface area (Å²) >= 11 is 12.4. The second kappa shape index (κ2) is 11.9. The molecular formula is C28H31Cl3N2O2. The molecule has 2 aliphatic rings. The van der Waals surface area contributed by atoms with Gasteiger partial charge in [0.2, 0.25) is 0 Å². The maximum absolute atomic E-state index is 14.1. The molecule has 3 aromatic carbocycles. The molecule has 2 atom stereocenters. The number of hydrogen-bond acceptors (Lipinski definition) is 3. The Hall–Kier alpha value is -1.92. The Morgan fingerprint density at radius 3 is 2.34 bits per heavy atom. The number of halogens is 3. The van der Waals surface area contributed by atoms with E-state index in [0.29, 0.717) is 23.0 Å². The molecule has 7 heteroatoms. The first-order valence-corrected chi connectivity index (χ1v) is 12.4. The van der Waals surface area contributed by atoms with E-state index in [2.05, 4.69) is 58.7 Å². The molecule has 2 heterocycles. The first-order valence-electron chi connectivity index (χ1n) is 11.7. The van der Waals surface area contributed by atoms with Crippen LogP contribution in [0.25, 0.3) is 0 Å². The van der Waals surface area contributed by atoms with Crippen molar-refractivity contribution < 1.29 is 10.3 Å². The van der Waals surface area contributed by atoms with Gasteiger partial charge in [-0.15, -0.1) is 12.4 Å². The van der Waals surface area contributed by atoms with E-state index >= 15 is 0 Å². The zero-order chi connectivity index (χ0) is 22.8. The van der Waals surface area contributed by atoms with Gasteiger partial charge in [0, 0.05) is 25.4 Å². The number of carbonyl (C=O) groups is 1. The lowest BCUT2D eigenvalue weighted by Crippen LogP contribution is -2.60. The molecular weight excluding hydrogens is 503 g/mol. The first kappa shape index (κ1) is 27.7. The van der Waals surface area contributed by atoms with Crippen molar-refractivity contribution in [3.8, 4) is 0 Å². The number of rotatable bonds is 6. The summed E-state index contributed by atoms with van der Waals surface area (Å²) < 4.78 is 0. The first-order chi connectivity index (χ1) is 16.1. The highest BCUT2D eigenvalue weighted by atomic mass is 35.5. The molecule has 2 unspecified atom stereocenters. The highest BCUT2D eigenvalue weighted by Crippen LogP contribution is 2.40. The van der Waals surface area contributed by atoms with Crippen LogP contribution in [0.3, 0.4) is 0 Å². The molecule has 1 saturated heterocycles. The monoisotopic (exact) mass is 532 g/mol. The fraction of sp³-hybridized carbons (Fsp3) is 0.321. The maximum Gasteiger partial charge on any atom is 0.163 e. The predicted octanol–water partition coefficient (Wildman–Crippen LogP) is 5.43. The van der Waals surface area contributed by atoms with E-state index in [1.165, 1.54) is 24.0 Å². The van der Waals surface area contributed by atoms with Crippen LogP contribution in [0.4, 0.5) is 0 Å². The van der Waals surface area contributed by atoms with Gasteiger partial charge in [-0.1, -0.05) is 83.9 Å². The Labute approximate surface area is 223 Å². The molecule has 0 aromatic heterocycles. The molecule has 186 valence electrons. The number of fused-ring (bicyclic) bond motifs is 1. The topological polar surface area (TPSA) is 63.8 Å². The third kappa shape index (κ3) is 5.59. The number of benzene rings is 3. The molecule has 5 rings (SSSR count). The Morgan fingerprint density at radius 2 is 1.63 bits per heavy atom. The molecule has 0 saturated carbocycles. The van der Waals surface area contributed by atoms with Crippen molar-refractivity contribution >= 4 is 41.4 Å². The predicted molar refractivity (Wildman–Crippen MR) is 146 cm³/mol. The van der Waals surface area contributed by atoms with E-state index in [1.54, 1.807) is 6.07 Å². The Kier molecular flexibility index (Phi) is 9.39. The maximum atomic E-state index is 14.1. The highest BCUT2D eigenvalue weighted by molar-refractivity contribution is 6.42. The van der Waals surface area contributed by atoms with E-state index in [-0.39, 0.29) is 29.6 Å². The van der Waals surface area contributed by atoms with Crippen molar-refractivity contribution in [1.29, 1.82) is 0 Å². The average molecular weight is 534 g/mol. The van der Waals surface area contributed by atoms with Gasteiger partial charge in [-0.25, -0.2) is 0 Å². The molecule has 4 nitrogen and oxygen atoms in total. The number of nitrogens with one attached hydrogen (secondary N) is 1. The van der Waals surface area contributed by atoms with Crippen molar-refractivity contribution in [2.45, 2.75) is 30.7 Å². The van der Waals surface area contributed by atoms with Gasteiger partial charge >= 0.3 is 0 Å². The summed E-state index contributed by atoms with van der Waals surface area (Å²) in [7, 11) is 0. The molecule has 0 aliphatic carbocycles. The van der Waals surface area contributed by atoms with E-state index in [9.17, 15) is 4.79 Å². The zero-order valence-corrected chi connectivity index (χ0v) is 21.8. The van der Waals surface area contributed by atoms with E-state index < -0.39 is 5.54 Å². The normalized spacial score (nSPS) is 21.5. The van der Waals surface area contributed by atoms with Crippen LogP contribution < -0.4 is 5.32 Å². The van der Waals surface area contributed by atoms with Gasteiger partial charge in [0.25, 0.3) is 0 Å². The van der Waals surface area contributed by atoms with Crippen LogP contribution in [-0.2, 0) is 16.8 Å². The minimum atomic E-state index is -0.752. The number of likely N-dealkylation sites (tertiary alicyclic amines) is 1. The number of hydrogen-bond donors (Lipinski definition) is 1. The SMILES string of the molecule is Cl.O.O=C(Cc1ccc(Cl)c(Cl)c1)C1(CN2CCCC2)NCC(c2ccccc2)c2ccccc21.